The normalized spacial score (nSPS) is 14.3. The maximum Gasteiger partial charge on any atom is 0.333 e. The average Bonchev–Trinajstić information content (AvgIpc) is 2.50. The number of hydrogen-bond donors (Lipinski definition) is 0. The Bertz CT molecular complexity index is 496. The van der Waals surface area contributed by atoms with Crippen molar-refractivity contribution in [3.05, 3.63) is 34.9 Å². The standard InChI is InChI=1S/C18H26ClNO2/c1-5-6-11-18(4,17(21)22-13-14(2)3)20-12-15-7-9-16(19)10-8-15/h7-10,12,14H,5-6,11,13H2,1-4H3/b20-12+. The molecule has 1 unspecified atom stereocenters. The topological polar surface area (TPSA) is 38.7 Å². The Hall–Kier alpha value is -1.35. The molecule has 0 bridgehead atoms. The fourth-order valence-corrected chi connectivity index (χ4v) is 2.03. The number of ether oxygens (including phenoxy) is 1. The van der Waals surface area contributed by atoms with Gasteiger partial charge < -0.3 is 4.74 Å². The summed E-state index contributed by atoms with van der Waals surface area (Å²) in [5.74, 6) is 0.0690. The molecule has 0 heterocycles. The quantitative estimate of drug-likeness (QED) is 0.503. The SMILES string of the molecule is CCCCC(C)(/N=C/c1ccc(Cl)cc1)C(=O)OCC(C)C. The Morgan fingerprint density at radius 2 is 2.00 bits per heavy atom. The largest absolute Gasteiger partial charge is 0.464 e. The second-order valence-corrected chi connectivity index (χ2v) is 6.62. The van der Waals surface area contributed by atoms with Crippen LogP contribution in [0.1, 0.15) is 52.5 Å². The Balaban J connectivity index is 2.85. The van der Waals surface area contributed by atoms with Crippen LogP contribution in [0.25, 0.3) is 0 Å². The molecule has 0 spiro atoms. The number of carbonyl (C=O) groups is 1. The molecule has 22 heavy (non-hydrogen) atoms. The summed E-state index contributed by atoms with van der Waals surface area (Å²) in [5.41, 5.74) is 0.0913. The summed E-state index contributed by atoms with van der Waals surface area (Å²) in [5, 5.41) is 0.683. The highest BCUT2D eigenvalue weighted by Gasteiger charge is 2.33. The van der Waals surface area contributed by atoms with Crippen LogP contribution in [0, 0.1) is 5.92 Å². The molecule has 1 aromatic rings. The van der Waals surface area contributed by atoms with Crippen LogP contribution in [-0.2, 0) is 9.53 Å². The Morgan fingerprint density at radius 3 is 2.55 bits per heavy atom. The third-order valence-corrected chi connectivity index (χ3v) is 3.63. The highest BCUT2D eigenvalue weighted by atomic mass is 35.5. The van der Waals surface area contributed by atoms with Crippen molar-refractivity contribution in [1.29, 1.82) is 0 Å². The highest BCUT2D eigenvalue weighted by Crippen LogP contribution is 2.22. The van der Waals surface area contributed by atoms with E-state index in [9.17, 15) is 4.79 Å². The van der Waals surface area contributed by atoms with Crippen LogP contribution in [0.4, 0.5) is 0 Å². The minimum atomic E-state index is -0.829. The second kappa shape index (κ2) is 8.94. The van der Waals surface area contributed by atoms with E-state index >= 15 is 0 Å². The number of rotatable bonds is 8. The van der Waals surface area contributed by atoms with Crippen LogP contribution < -0.4 is 0 Å². The molecule has 0 aliphatic heterocycles. The predicted octanol–water partition coefficient (Wildman–Crippen LogP) is 4.91. The fraction of sp³-hybridized carbons (Fsp3) is 0.556. The smallest absolute Gasteiger partial charge is 0.333 e. The summed E-state index contributed by atoms with van der Waals surface area (Å²) in [6.07, 6.45) is 4.36. The van der Waals surface area contributed by atoms with Crippen molar-refractivity contribution in [2.24, 2.45) is 10.9 Å². The van der Waals surface area contributed by atoms with Crippen LogP contribution in [0.5, 0.6) is 0 Å². The van der Waals surface area contributed by atoms with Gasteiger partial charge in [0.15, 0.2) is 5.54 Å². The Kier molecular flexibility index (Phi) is 7.60. The van der Waals surface area contributed by atoms with Crippen molar-refractivity contribution in [2.75, 3.05) is 6.61 Å². The molecule has 1 atom stereocenters. The number of carbonyl (C=O) groups excluding carboxylic acids is 1. The van der Waals surface area contributed by atoms with Gasteiger partial charge in [-0.1, -0.05) is 57.3 Å². The monoisotopic (exact) mass is 323 g/mol. The predicted molar refractivity (Wildman–Crippen MR) is 92.8 cm³/mol. The number of unbranched alkanes of at least 4 members (excludes halogenated alkanes) is 1. The van der Waals surface area contributed by atoms with Gasteiger partial charge in [0.25, 0.3) is 0 Å². The van der Waals surface area contributed by atoms with Gasteiger partial charge in [0.05, 0.1) is 6.61 Å². The molecule has 0 aliphatic carbocycles. The van der Waals surface area contributed by atoms with Crippen molar-refractivity contribution in [3.63, 3.8) is 0 Å². The second-order valence-electron chi connectivity index (χ2n) is 6.18. The van der Waals surface area contributed by atoms with Gasteiger partial charge in [-0.25, -0.2) is 4.79 Å². The van der Waals surface area contributed by atoms with E-state index in [1.54, 1.807) is 6.21 Å². The number of benzene rings is 1. The van der Waals surface area contributed by atoms with Gasteiger partial charge >= 0.3 is 5.97 Å². The van der Waals surface area contributed by atoms with E-state index in [2.05, 4.69) is 11.9 Å². The van der Waals surface area contributed by atoms with Gasteiger partial charge in [0.1, 0.15) is 0 Å². The van der Waals surface area contributed by atoms with E-state index in [1.165, 1.54) is 0 Å². The third-order valence-electron chi connectivity index (χ3n) is 3.37. The molecule has 122 valence electrons. The third kappa shape index (κ3) is 6.18. The number of hydrogen-bond acceptors (Lipinski definition) is 3. The molecule has 1 rings (SSSR count). The van der Waals surface area contributed by atoms with Crippen LogP contribution in [0.2, 0.25) is 5.02 Å². The first-order valence-electron chi connectivity index (χ1n) is 7.85. The Morgan fingerprint density at radius 1 is 1.36 bits per heavy atom. The molecule has 0 saturated carbocycles. The zero-order chi connectivity index (χ0) is 16.6. The number of nitrogens with zero attached hydrogens (tertiary/aromatic N) is 1. The molecule has 0 fully saturated rings. The molecule has 0 saturated heterocycles. The molecular weight excluding hydrogens is 298 g/mol. The average molecular weight is 324 g/mol. The molecular formula is C18H26ClNO2. The Labute approximate surface area is 138 Å². The first-order valence-corrected chi connectivity index (χ1v) is 8.23. The number of halogens is 1. The lowest BCUT2D eigenvalue weighted by Gasteiger charge is -2.23. The molecule has 0 radical (unpaired) electrons. The van der Waals surface area contributed by atoms with E-state index in [4.69, 9.17) is 16.3 Å². The minimum Gasteiger partial charge on any atom is -0.464 e. The maximum absolute atomic E-state index is 12.4. The van der Waals surface area contributed by atoms with Crippen LogP contribution in [0.3, 0.4) is 0 Å². The molecule has 0 N–H and O–H groups in total. The lowest BCUT2D eigenvalue weighted by Crippen LogP contribution is -2.36. The summed E-state index contributed by atoms with van der Waals surface area (Å²) in [6, 6.07) is 7.38. The van der Waals surface area contributed by atoms with E-state index in [1.807, 2.05) is 45.0 Å². The van der Waals surface area contributed by atoms with Crippen molar-refractivity contribution in [1.82, 2.24) is 0 Å². The summed E-state index contributed by atoms with van der Waals surface area (Å²) in [4.78, 5) is 16.9. The fourth-order valence-electron chi connectivity index (χ4n) is 1.90. The molecule has 4 heteroatoms. The zero-order valence-electron chi connectivity index (χ0n) is 13.9. The van der Waals surface area contributed by atoms with Gasteiger partial charge in [-0.15, -0.1) is 0 Å². The molecule has 0 amide bonds. The maximum atomic E-state index is 12.4. The van der Waals surface area contributed by atoms with Gasteiger partial charge in [-0.05, 0) is 37.0 Å². The highest BCUT2D eigenvalue weighted by molar-refractivity contribution is 6.30. The minimum absolute atomic E-state index is 0.250. The van der Waals surface area contributed by atoms with Gasteiger partial charge in [0, 0.05) is 11.2 Å². The van der Waals surface area contributed by atoms with Crippen LogP contribution >= 0.6 is 11.6 Å². The molecule has 0 aromatic heterocycles. The van der Waals surface area contributed by atoms with E-state index in [-0.39, 0.29) is 5.97 Å². The van der Waals surface area contributed by atoms with Crippen LogP contribution in [-0.4, -0.2) is 24.3 Å². The summed E-state index contributed by atoms with van der Waals surface area (Å²) >= 11 is 5.87. The number of aliphatic imine (C=N–C) groups is 1. The van der Waals surface area contributed by atoms with Crippen molar-refractivity contribution in [2.45, 2.75) is 52.5 Å². The lowest BCUT2D eigenvalue weighted by molar-refractivity contribution is -0.150. The number of esters is 1. The van der Waals surface area contributed by atoms with E-state index < -0.39 is 5.54 Å². The summed E-state index contributed by atoms with van der Waals surface area (Å²) in [7, 11) is 0. The van der Waals surface area contributed by atoms with E-state index in [0.717, 1.165) is 18.4 Å². The molecule has 0 aliphatic rings. The molecule has 3 nitrogen and oxygen atoms in total. The van der Waals surface area contributed by atoms with Gasteiger partial charge in [-0.2, -0.15) is 0 Å². The van der Waals surface area contributed by atoms with Gasteiger partial charge in [-0.3, -0.25) is 4.99 Å². The van der Waals surface area contributed by atoms with E-state index in [0.29, 0.717) is 24.0 Å². The van der Waals surface area contributed by atoms with Crippen LogP contribution in [0.15, 0.2) is 29.3 Å². The van der Waals surface area contributed by atoms with Crippen molar-refractivity contribution < 1.29 is 9.53 Å². The van der Waals surface area contributed by atoms with Gasteiger partial charge in [0.2, 0.25) is 0 Å². The first kappa shape index (κ1) is 18.7. The summed E-state index contributed by atoms with van der Waals surface area (Å²) < 4.78 is 5.40. The van der Waals surface area contributed by atoms with Crippen molar-refractivity contribution >= 4 is 23.8 Å². The first-order chi connectivity index (χ1) is 10.4. The molecule has 1 aromatic carbocycles. The van der Waals surface area contributed by atoms with Crippen molar-refractivity contribution in [3.8, 4) is 0 Å². The zero-order valence-corrected chi connectivity index (χ0v) is 14.7. The lowest BCUT2D eigenvalue weighted by atomic mass is 9.95. The summed E-state index contributed by atoms with van der Waals surface area (Å²) in [6.45, 7) is 8.42.